The van der Waals surface area contributed by atoms with Crippen molar-refractivity contribution < 1.29 is 12.8 Å². The van der Waals surface area contributed by atoms with Crippen molar-refractivity contribution in [2.24, 2.45) is 5.73 Å². The van der Waals surface area contributed by atoms with E-state index < -0.39 is 10.0 Å². The van der Waals surface area contributed by atoms with Crippen molar-refractivity contribution >= 4 is 10.0 Å². The van der Waals surface area contributed by atoms with Crippen LogP contribution in [-0.4, -0.2) is 39.0 Å². The molecule has 7 heteroatoms. The van der Waals surface area contributed by atoms with E-state index in [0.29, 0.717) is 18.1 Å². The fraction of sp³-hybridized carbons (Fsp3) is 0.714. The van der Waals surface area contributed by atoms with Crippen LogP contribution in [0.2, 0.25) is 0 Å². The lowest BCUT2D eigenvalue weighted by atomic mass is 10.1. The Balaban J connectivity index is 1.98. The second-order valence-corrected chi connectivity index (χ2v) is 7.37. The predicted octanol–water partition coefficient (Wildman–Crippen LogP) is 1.20. The van der Waals surface area contributed by atoms with Crippen molar-refractivity contribution in [3.8, 4) is 0 Å². The highest BCUT2D eigenvalue weighted by molar-refractivity contribution is 7.89. The van der Waals surface area contributed by atoms with Crippen LogP contribution in [0.5, 0.6) is 0 Å². The molecule has 0 radical (unpaired) electrons. The molecule has 0 amide bonds. The Kier molecular flexibility index (Phi) is 5.43. The minimum Gasteiger partial charge on any atom is -0.464 e. The van der Waals surface area contributed by atoms with Crippen LogP contribution in [0, 0.1) is 6.92 Å². The summed E-state index contributed by atoms with van der Waals surface area (Å²) in [4.78, 5) is 2.52. The zero-order valence-corrected chi connectivity index (χ0v) is 13.6. The van der Waals surface area contributed by atoms with Crippen molar-refractivity contribution in [2.45, 2.75) is 50.6 Å². The number of rotatable bonds is 6. The quantitative estimate of drug-likeness (QED) is 0.823. The summed E-state index contributed by atoms with van der Waals surface area (Å²) in [5, 5.41) is 0. The summed E-state index contributed by atoms with van der Waals surface area (Å²) < 4.78 is 32.7. The van der Waals surface area contributed by atoms with E-state index in [4.69, 9.17) is 10.2 Å². The Morgan fingerprint density at radius 3 is 2.62 bits per heavy atom. The van der Waals surface area contributed by atoms with E-state index in [1.165, 1.54) is 25.3 Å². The van der Waals surface area contributed by atoms with Gasteiger partial charge in [-0.3, -0.25) is 4.90 Å². The minimum atomic E-state index is -3.54. The summed E-state index contributed by atoms with van der Waals surface area (Å²) in [6, 6.07) is 1.70. The lowest BCUT2D eigenvalue weighted by Crippen LogP contribution is -2.44. The van der Waals surface area contributed by atoms with Crippen LogP contribution in [0.25, 0.3) is 0 Å². The van der Waals surface area contributed by atoms with Gasteiger partial charge in [0.05, 0.1) is 6.54 Å². The fourth-order valence-corrected chi connectivity index (χ4v) is 4.01. The number of likely N-dealkylation sites (tertiary alicyclic amines) is 1. The lowest BCUT2D eigenvalue weighted by molar-refractivity contribution is 0.175. The molecule has 1 atom stereocenters. The van der Waals surface area contributed by atoms with E-state index in [-0.39, 0.29) is 17.5 Å². The zero-order chi connectivity index (χ0) is 15.5. The van der Waals surface area contributed by atoms with E-state index in [9.17, 15) is 8.42 Å². The average molecular weight is 315 g/mol. The van der Waals surface area contributed by atoms with Gasteiger partial charge in [-0.25, -0.2) is 13.1 Å². The number of sulfonamides is 1. The highest BCUT2D eigenvalue weighted by Crippen LogP contribution is 2.20. The average Bonchev–Trinajstić information content (AvgIpc) is 2.88. The molecule has 120 valence electrons. The lowest BCUT2D eigenvalue weighted by Gasteiger charge is -2.32. The third-order valence-corrected chi connectivity index (χ3v) is 5.53. The predicted molar refractivity (Wildman–Crippen MR) is 81.4 cm³/mol. The Morgan fingerprint density at radius 2 is 2.05 bits per heavy atom. The number of nitrogens with zero attached hydrogens (tertiary/aromatic N) is 1. The van der Waals surface area contributed by atoms with Crippen molar-refractivity contribution in [1.29, 1.82) is 0 Å². The zero-order valence-electron chi connectivity index (χ0n) is 12.8. The molecule has 1 aromatic rings. The maximum absolute atomic E-state index is 12.3. The van der Waals surface area contributed by atoms with E-state index in [2.05, 4.69) is 16.5 Å². The molecule has 0 spiro atoms. The van der Waals surface area contributed by atoms with Crippen molar-refractivity contribution in [1.82, 2.24) is 9.62 Å². The third kappa shape index (κ3) is 4.06. The number of hydrogen-bond donors (Lipinski definition) is 2. The van der Waals surface area contributed by atoms with Crippen LogP contribution in [0.4, 0.5) is 0 Å². The number of piperidine rings is 1. The molecule has 0 saturated carbocycles. The van der Waals surface area contributed by atoms with Crippen molar-refractivity contribution in [3.05, 3.63) is 17.6 Å². The van der Waals surface area contributed by atoms with Gasteiger partial charge in [-0.05, 0) is 39.8 Å². The second-order valence-electron chi connectivity index (χ2n) is 5.63. The molecule has 1 aromatic heterocycles. The largest absolute Gasteiger partial charge is 0.464 e. The number of hydrogen-bond acceptors (Lipinski definition) is 5. The highest BCUT2D eigenvalue weighted by atomic mass is 32.2. The summed E-state index contributed by atoms with van der Waals surface area (Å²) >= 11 is 0. The first kappa shape index (κ1) is 16.5. The molecular weight excluding hydrogens is 290 g/mol. The van der Waals surface area contributed by atoms with Gasteiger partial charge in [0.15, 0.2) is 0 Å². The van der Waals surface area contributed by atoms with E-state index in [1.807, 2.05) is 0 Å². The van der Waals surface area contributed by atoms with Crippen LogP contribution in [0.15, 0.2) is 15.4 Å². The highest BCUT2D eigenvalue weighted by Gasteiger charge is 2.23. The smallest absolute Gasteiger partial charge is 0.244 e. The molecule has 6 nitrogen and oxygen atoms in total. The molecule has 1 aliphatic heterocycles. The Labute approximate surface area is 126 Å². The Bertz CT molecular complexity index is 562. The molecule has 2 rings (SSSR count). The first-order valence-electron chi connectivity index (χ1n) is 7.47. The van der Waals surface area contributed by atoms with Crippen LogP contribution in [0.1, 0.15) is 37.7 Å². The summed E-state index contributed by atoms with van der Waals surface area (Å²) in [6.45, 7) is 6.39. The second kappa shape index (κ2) is 6.91. The Morgan fingerprint density at radius 1 is 1.38 bits per heavy atom. The maximum Gasteiger partial charge on any atom is 0.244 e. The van der Waals surface area contributed by atoms with Gasteiger partial charge < -0.3 is 10.2 Å². The molecular formula is C14H25N3O3S. The van der Waals surface area contributed by atoms with Crippen molar-refractivity contribution in [2.75, 3.05) is 19.6 Å². The Hall–Kier alpha value is -0.890. The third-order valence-electron chi connectivity index (χ3n) is 4.00. The molecule has 0 aromatic carbocycles. The fourth-order valence-electron chi connectivity index (χ4n) is 2.69. The van der Waals surface area contributed by atoms with Gasteiger partial charge in [-0.1, -0.05) is 6.42 Å². The molecule has 21 heavy (non-hydrogen) atoms. The first-order chi connectivity index (χ1) is 9.94. The summed E-state index contributed by atoms with van der Waals surface area (Å²) in [7, 11) is -3.54. The van der Waals surface area contributed by atoms with Gasteiger partial charge >= 0.3 is 0 Å². The van der Waals surface area contributed by atoms with Crippen LogP contribution in [-0.2, 0) is 16.6 Å². The van der Waals surface area contributed by atoms with E-state index in [1.54, 1.807) is 6.92 Å². The number of aryl methyl sites for hydroxylation is 1. The standard InChI is InChI=1S/C14H25N3O3S/c1-11(17-6-4-3-5-7-17)10-16-21(18,19)14-8-13(9-15)20-12(14)2/h8,11,16H,3-7,9-10,15H2,1-2H3. The molecule has 1 aliphatic rings. The topological polar surface area (TPSA) is 88.6 Å². The van der Waals surface area contributed by atoms with Gasteiger partial charge in [0.1, 0.15) is 16.4 Å². The van der Waals surface area contributed by atoms with Crippen LogP contribution in [0.3, 0.4) is 0 Å². The molecule has 1 unspecified atom stereocenters. The number of furan rings is 1. The number of nitrogens with one attached hydrogen (secondary N) is 1. The molecule has 1 saturated heterocycles. The monoisotopic (exact) mass is 315 g/mol. The summed E-state index contributed by atoms with van der Waals surface area (Å²) in [5.41, 5.74) is 5.48. The molecule has 2 heterocycles. The van der Waals surface area contributed by atoms with Gasteiger partial charge in [0.25, 0.3) is 0 Å². The molecule has 0 bridgehead atoms. The van der Waals surface area contributed by atoms with E-state index >= 15 is 0 Å². The van der Waals surface area contributed by atoms with Gasteiger partial charge in [-0.2, -0.15) is 0 Å². The first-order valence-corrected chi connectivity index (χ1v) is 8.95. The molecule has 3 N–H and O–H groups in total. The normalized spacial score (nSPS) is 18.8. The number of nitrogens with two attached hydrogens (primary N) is 1. The van der Waals surface area contributed by atoms with Gasteiger partial charge in [0, 0.05) is 18.7 Å². The van der Waals surface area contributed by atoms with Gasteiger partial charge in [0.2, 0.25) is 10.0 Å². The SMILES string of the molecule is Cc1oc(CN)cc1S(=O)(=O)NCC(C)N1CCCCC1. The van der Waals surface area contributed by atoms with Gasteiger partial charge in [-0.15, -0.1) is 0 Å². The summed E-state index contributed by atoms with van der Waals surface area (Å²) in [6.07, 6.45) is 3.65. The van der Waals surface area contributed by atoms with Crippen LogP contribution >= 0.6 is 0 Å². The maximum atomic E-state index is 12.3. The molecule has 1 fully saturated rings. The summed E-state index contributed by atoms with van der Waals surface area (Å²) in [5.74, 6) is 0.866. The van der Waals surface area contributed by atoms with Crippen molar-refractivity contribution in [3.63, 3.8) is 0 Å². The molecule has 0 aliphatic carbocycles. The minimum absolute atomic E-state index is 0.189. The van der Waals surface area contributed by atoms with E-state index in [0.717, 1.165) is 13.1 Å². The van der Waals surface area contributed by atoms with Crippen LogP contribution < -0.4 is 10.5 Å².